The lowest BCUT2D eigenvalue weighted by Crippen LogP contribution is -2.32. The molecule has 0 bridgehead atoms. The van der Waals surface area contributed by atoms with Gasteiger partial charge in [0.2, 0.25) is 0 Å². The lowest BCUT2D eigenvalue weighted by Gasteiger charge is -2.07. The fourth-order valence-corrected chi connectivity index (χ4v) is 1.86. The first-order chi connectivity index (χ1) is 9.81. The van der Waals surface area contributed by atoms with Crippen LogP contribution in [0.4, 0.5) is 0 Å². The van der Waals surface area contributed by atoms with Gasteiger partial charge in [-0.2, -0.15) is 5.10 Å². The van der Waals surface area contributed by atoms with E-state index in [9.17, 15) is 4.79 Å². The quantitative estimate of drug-likeness (QED) is 0.769. The first kappa shape index (κ1) is 17.2. The number of hydrogen-bond acceptors (Lipinski definition) is 3. The standard InChI is InChI=1S/C15H20N4O.ClH/c1-2-8-16-10-11-17-15(20)13-4-6-14(7-5-13)19-12-3-9-18-19;/h3-7,9,12,16H,2,8,10-11H2,1H3,(H,17,20);1H. The molecule has 5 nitrogen and oxygen atoms in total. The summed E-state index contributed by atoms with van der Waals surface area (Å²) in [6.07, 6.45) is 4.70. The predicted molar refractivity (Wildman–Crippen MR) is 86.3 cm³/mol. The molecular formula is C15H21ClN4O. The molecule has 0 aliphatic rings. The number of amides is 1. The van der Waals surface area contributed by atoms with Gasteiger partial charge in [-0.25, -0.2) is 4.68 Å². The minimum atomic E-state index is -0.0460. The van der Waals surface area contributed by atoms with Gasteiger partial charge >= 0.3 is 0 Å². The van der Waals surface area contributed by atoms with E-state index in [1.807, 2.05) is 36.5 Å². The monoisotopic (exact) mass is 308 g/mol. The molecular weight excluding hydrogens is 288 g/mol. The lowest BCUT2D eigenvalue weighted by atomic mass is 10.2. The molecule has 2 rings (SSSR count). The summed E-state index contributed by atoms with van der Waals surface area (Å²) in [7, 11) is 0. The average Bonchev–Trinajstić information content (AvgIpc) is 3.01. The molecule has 1 heterocycles. The Hall–Kier alpha value is -1.85. The van der Waals surface area contributed by atoms with Gasteiger partial charge in [0.1, 0.15) is 0 Å². The zero-order chi connectivity index (χ0) is 14.2. The molecule has 1 aromatic carbocycles. The van der Waals surface area contributed by atoms with Gasteiger partial charge in [-0.1, -0.05) is 6.92 Å². The van der Waals surface area contributed by atoms with Crippen molar-refractivity contribution >= 4 is 18.3 Å². The van der Waals surface area contributed by atoms with Crippen molar-refractivity contribution in [2.24, 2.45) is 0 Å². The van der Waals surface area contributed by atoms with E-state index in [2.05, 4.69) is 22.7 Å². The zero-order valence-corrected chi connectivity index (χ0v) is 12.9. The molecule has 0 fully saturated rings. The number of nitrogens with zero attached hydrogens (tertiary/aromatic N) is 2. The van der Waals surface area contributed by atoms with Crippen LogP contribution < -0.4 is 10.6 Å². The third-order valence-corrected chi connectivity index (χ3v) is 2.91. The summed E-state index contributed by atoms with van der Waals surface area (Å²) >= 11 is 0. The molecule has 114 valence electrons. The van der Waals surface area contributed by atoms with Crippen LogP contribution in [-0.2, 0) is 0 Å². The second-order valence-corrected chi connectivity index (χ2v) is 4.50. The summed E-state index contributed by atoms with van der Waals surface area (Å²) in [5.41, 5.74) is 1.60. The molecule has 2 N–H and O–H groups in total. The van der Waals surface area contributed by atoms with E-state index in [-0.39, 0.29) is 18.3 Å². The van der Waals surface area contributed by atoms with Gasteiger partial charge in [0.15, 0.2) is 0 Å². The Morgan fingerprint density at radius 3 is 2.57 bits per heavy atom. The van der Waals surface area contributed by atoms with Gasteiger partial charge in [-0.3, -0.25) is 4.79 Å². The van der Waals surface area contributed by atoms with Crippen LogP contribution in [0, 0.1) is 0 Å². The average molecular weight is 309 g/mol. The summed E-state index contributed by atoms with van der Waals surface area (Å²) in [6, 6.07) is 9.26. The van der Waals surface area contributed by atoms with Gasteiger partial charge in [0.05, 0.1) is 5.69 Å². The fourth-order valence-electron chi connectivity index (χ4n) is 1.86. The Kier molecular flexibility index (Phi) is 7.50. The maximum Gasteiger partial charge on any atom is 0.251 e. The third-order valence-electron chi connectivity index (χ3n) is 2.91. The number of carbonyl (C=O) groups excluding carboxylic acids is 1. The van der Waals surface area contributed by atoms with Gasteiger partial charge in [0, 0.05) is 31.0 Å². The molecule has 0 aliphatic carbocycles. The Balaban J connectivity index is 0.00000220. The number of nitrogens with one attached hydrogen (secondary N) is 2. The van der Waals surface area contributed by atoms with E-state index in [4.69, 9.17) is 0 Å². The number of hydrogen-bond donors (Lipinski definition) is 2. The van der Waals surface area contributed by atoms with Crippen molar-refractivity contribution < 1.29 is 4.79 Å². The number of aromatic nitrogens is 2. The van der Waals surface area contributed by atoms with E-state index in [0.717, 1.165) is 25.2 Å². The molecule has 1 amide bonds. The highest BCUT2D eigenvalue weighted by molar-refractivity contribution is 5.94. The van der Waals surface area contributed by atoms with Crippen LogP contribution >= 0.6 is 12.4 Å². The lowest BCUT2D eigenvalue weighted by molar-refractivity contribution is 0.0954. The van der Waals surface area contributed by atoms with Crippen LogP contribution in [0.15, 0.2) is 42.7 Å². The second kappa shape index (κ2) is 9.15. The van der Waals surface area contributed by atoms with Crippen molar-refractivity contribution in [3.05, 3.63) is 48.3 Å². The Morgan fingerprint density at radius 1 is 1.19 bits per heavy atom. The summed E-state index contributed by atoms with van der Waals surface area (Å²) in [5, 5.41) is 10.3. The topological polar surface area (TPSA) is 58.9 Å². The van der Waals surface area contributed by atoms with Crippen molar-refractivity contribution in [1.29, 1.82) is 0 Å². The highest BCUT2D eigenvalue weighted by Crippen LogP contribution is 2.08. The van der Waals surface area contributed by atoms with E-state index >= 15 is 0 Å². The maximum atomic E-state index is 11.9. The van der Waals surface area contributed by atoms with Crippen LogP contribution in [0.5, 0.6) is 0 Å². The molecule has 2 aromatic rings. The van der Waals surface area contributed by atoms with Crippen LogP contribution in [0.3, 0.4) is 0 Å². The molecule has 0 saturated carbocycles. The summed E-state index contributed by atoms with van der Waals surface area (Å²) in [4.78, 5) is 11.9. The van der Waals surface area contributed by atoms with Crippen molar-refractivity contribution in [1.82, 2.24) is 20.4 Å². The number of benzene rings is 1. The summed E-state index contributed by atoms with van der Waals surface area (Å²) in [5.74, 6) is -0.0460. The SMILES string of the molecule is CCCNCCNC(=O)c1ccc(-n2cccn2)cc1.Cl. The van der Waals surface area contributed by atoms with E-state index < -0.39 is 0 Å². The minimum Gasteiger partial charge on any atom is -0.351 e. The molecule has 0 saturated heterocycles. The second-order valence-electron chi connectivity index (χ2n) is 4.50. The maximum absolute atomic E-state index is 11.9. The van der Waals surface area contributed by atoms with Gasteiger partial charge in [-0.05, 0) is 43.3 Å². The molecule has 6 heteroatoms. The third kappa shape index (κ3) is 5.21. The van der Waals surface area contributed by atoms with Crippen molar-refractivity contribution in [2.45, 2.75) is 13.3 Å². The van der Waals surface area contributed by atoms with Crippen molar-refractivity contribution in [2.75, 3.05) is 19.6 Å². The molecule has 0 unspecified atom stereocenters. The van der Waals surface area contributed by atoms with Gasteiger partial charge in [0.25, 0.3) is 5.91 Å². The summed E-state index contributed by atoms with van der Waals surface area (Å²) in [6.45, 7) is 4.53. The zero-order valence-electron chi connectivity index (χ0n) is 12.1. The van der Waals surface area contributed by atoms with E-state index in [0.29, 0.717) is 12.1 Å². The highest BCUT2D eigenvalue weighted by atomic mass is 35.5. The molecule has 0 aliphatic heterocycles. The van der Waals surface area contributed by atoms with Gasteiger partial charge in [-0.15, -0.1) is 12.4 Å². The Bertz CT molecular complexity index is 525. The van der Waals surface area contributed by atoms with Crippen LogP contribution in [0.2, 0.25) is 0 Å². The molecule has 0 spiro atoms. The first-order valence-electron chi connectivity index (χ1n) is 6.90. The highest BCUT2D eigenvalue weighted by Gasteiger charge is 2.04. The van der Waals surface area contributed by atoms with Crippen LogP contribution in [0.1, 0.15) is 23.7 Å². The van der Waals surface area contributed by atoms with Crippen molar-refractivity contribution in [3.8, 4) is 5.69 Å². The Labute approximate surface area is 131 Å². The Morgan fingerprint density at radius 2 is 1.95 bits per heavy atom. The molecule has 0 radical (unpaired) electrons. The van der Waals surface area contributed by atoms with Crippen LogP contribution in [0.25, 0.3) is 5.69 Å². The van der Waals surface area contributed by atoms with Crippen LogP contribution in [-0.4, -0.2) is 35.3 Å². The molecule has 1 aromatic heterocycles. The van der Waals surface area contributed by atoms with Crippen molar-refractivity contribution in [3.63, 3.8) is 0 Å². The number of halogens is 1. The number of rotatable bonds is 7. The fraction of sp³-hybridized carbons (Fsp3) is 0.333. The predicted octanol–water partition coefficient (Wildman–Crippen LogP) is 2.02. The smallest absolute Gasteiger partial charge is 0.251 e. The normalized spacial score (nSPS) is 9.95. The first-order valence-corrected chi connectivity index (χ1v) is 6.90. The van der Waals surface area contributed by atoms with E-state index in [1.54, 1.807) is 10.9 Å². The largest absolute Gasteiger partial charge is 0.351 e. The minimum absolute atomic E-state index is 0. The molecule has 21 heavy (non-hydrogen) atoms. The van der Waals surface area contributed by atoms with Gasteiger partial charge < -0.3 is 10.6 Å². The number of carbonyl (C=O) groups is 1. The summed E-state index contributed by atoms with van der Waals surface area (Å²) < 4.78 is 1.76. The molecule has 0 atom stereocenters. The van der Waals surface area contributed by atoms with E-state index in [1.165, 1.54) is 0 Å².